The first-order valence-electron chi connectivity index (χ1n) is 18.5. The lowest BCUT2D eigenvalue weighted by Gasteiger charge is -1.98. The Labute approximate surface area is 312 Å². The predicted octanol–water partition coefficient (Wildman–Crippen LogP) is 13.7. The van der Waals surface area contributed by atoms with Gasteiger partial charge in [-0.2, -0.15) is 0 Å². The number of aromatic nitrogens is 5. The molecule has 0 spiro atoms. The van der Waals surface area contributed by atoms with Crippen LogP contribution in [0.1, 0.15) is 85.9 Å². The molecule has 5 aromatic carbocycles. The molecule has 2 aromatic heterocycles. The van der Waals surface area contributed by atoms with E-state index < -0.39 is 0 Å². The Hall–Kier alpha value is -5.03. The van der Waals surface area contributed by atoms with Gasteiger partial charge in [-0.3, -0.25) is 0 Å². The molecule has 0 radical (unpaired) electrons. The van der Waals surface area contributed by atoms with E-state index in [4.69, 9.17) is 0 Å². The maximum absolute atomic E-state index is 3.78. The van der Waals surface area contributed by atoms with Gasteiger partial charge >= 0.3 is 0 Å². The highest BCUT2D eigenvalue weighted by Crippen LogP contribution is 2.17. The van der Waals surface area contributed by atoms with Crippen LogP contribution in [0.4, 0.5) is 0 Å². The van der Waals surface area contributed by atoms with Gasteiger partial charge < -0.3 is 9.13 Å². The van der Waals surface area contributed by atoms with E-state index in [9.17, 15) is 0 Å². The van der Waals surface area contributed by atoms with Gasteiger partial charge in [-0.15, -0.1) is 10.2 Å². The van der Waals surface area contributed by atoms with Crippen molar-refractivity contribution < 1.29 is 0 Å². The Morgan fingerprint density at radius 2 is 0.902 bits per heavy atom. The fraction of sp³-hybridized carbons (Fsp3) is 0.326. The Morgan fingerprint density at radius 3 is 1.31 bits per heavy atom. The minimum absolute atomic E-state index is 1.32. The Morgan fingerprint density at radius 1 is 0.412 bits per heavy atom. The number of hydrogen-bond acceptors (Lipinski definition) is 3. The maximum atomic E-state index is 3.78. The highest BCUT2D eigenvalue weighted by molar-refractivity contribution is 5.85. The lowest BCUT2D eigenvalue weighted by atomic mass is 10.1. The van der Waals surface area contributed by atoms with Crippen LogP contribution < -0.4 is 0 Å². The van der Waals surface area contributed by atoms with Gasteiger partial charge in [0.15, 0.2) is 0 Å². The molecule has 0 amide bonds. The summed E-state index contributed by atoms with van der Waals surface area (Å²) in [5.74, 6) is 0. The van der Waals surface area contributed by atoms with Crippen LogP contribution in [0.3, 0.4) is 0 Å². The van der Waals surface area contributed by atoms with E-state index in [-0.39, 0.29) is 0 Å². The highest BCUT2D eigenvalue weighted by Gasteiger charge is 1.92. The average molecular weight is 692 g/mol. The number of nitrogens with zero attached hydrogens (tertiary/aromatic N) is 5. The van der Waals surface area contributed by atoms with Crippen molar-refractivity contribution in [2.45, 2.75) is 90.0 Å². The average Bonchev–Trinajstić information content (AvgIpc) is 3.90. The molecule has 0 aliphatic heterocycles. The largest absolute Gasteiger partial charge is 0.341 e. The standard InChI is InChI=1S/2C11H10.C7H8.C4H6N2.C3H5N3.5C2H6/c1-9-5-4-7-10-6-2-3-8-11(9)10;1-9-6-7-10-4-2-3-5-11(10)8-9;1-7-5-3-2-4-6-7;1-6-3-2-5-4-6;1-6-2-4-5-3-6;5*1-2/h2*2-8H,1H3;2-6H,1H3;2-4H,1H3;2-3H,1H3;5*1-2H3. The van der Waals surface area contributed by atoms with Gasteiger partial charge in [-0.05, 0) is 47.9 Å². The van der Waals surface area contributed by atoms with Crippen molar-refractivity contribution in [2.75, 3.05) is 0 Å². The van der Waals surface area contributed by atoms with Crippen molar-refractivity contribution in [3.05, 3.63) is 163 Å². The third-order valence-electron chi connectivity index (χ3n) is 6.02. The number of benzene rings is 5. The zero-order chi connectivity index (χ0) is 39.3. The summed E-state index contributed by atoms with van der Waals surface area (Å²) in [5, 5.41) is 12.4. The molecule has 0 bridgehead atoms. The van der Waals surface area contributed by atoms with E-state index in [1.807, 2.05) is 112 Å². The van der Waals surface area contributed by atoms with Crippen LogP contribution in [0.25, 0.3) is 21.5 Å². The van der Waals surface area contributed by atoms with Gasteiger partial charge in [0.2, 0.25) is 0 Å². The topological polar surface area (TPSA) is 48.5 Å². The fourth-order valence-corrected chi connectivity index (χ4v) is 3.81. The van der Waals surface area contributed by atoms with Crippen LogP contribution in [0.5, 0.6) is 0 Å². The smallest absolute Gasteiger partial charge is 0.119 e. The van der Waals surface area contributed by atoms with Gasteiger partial charge in [-0.25, -0.2) is 4.98 Å². The van der Waals surface area contributed by atoms with Gasteiger partial charge in [-0.1, -0.05) is 196 Å². The molecule has 5 heteroatoms. The van der Waals surface area contributed by atoms with Crippen LogP contribution in [-0.4, -0.2) is 24.3 Å². The molecule has 0 fully saturated rings. The minimum Gasteiger partial charge on any atom is -0.341 e. The van der Waals surface area contributed by atoms with E-state index in [1.165, 1.54) is 38.2 Å². The molecular formula is C46H69N5. The molecule has 7 aromatic rings. The summed E-state index contributed by atoms with van der Waals surface area (Å²) in [7, 11) is 3.81. The SMILES string of the molecule is CC.CC.CC.CC.CC.Cc1ccc2ccccc2c1.Cc1cccc2ccccc12.Cc1ccccc1.Cn1ccnc1.Cn1cnnc1. The molecule has 0 aliphatic rings. The summed E-state index contributed by atoms with van der Waals surface area (Å²) in [4.78, 5) is 3.78. The zero-order valence-corrected chi connectivity index (χ0v) is 34.6. The van der Waals surface area contributed by atoms with E-state index in [1.54, 1.807) is 29.7 Å². The molecule has 0 aliphatic carbocycles. The lowest BCUT2D eigenvalue weighted by Crippen LogP contribution is -1.76. The van der Waals surface area contributed by atoms with E-state index in [0.717, 1.165) is 0 Å². The number of imidazole rings is 1. The molecule has 0 unspecified atom stereocenters. The molecule has 0 saturated carbocycles. The number of fused-ring (bicyclic) bond motifs is 2. The molecular weight excluding hydrogens is 623 g/mol. The molecule has 0 atom stereocenters. The lowest BCUT2D eigenvalue weighted by molar-refractivity contribution is 0.910. The first-order chi connectivity index (χ1) is 24.9. The summed E-state index contributed by atoms with van der Waals surface area (Å²) in [5.41, 5.74) is 3.99. The first kappa shape index (κ1) is 50.3. The Balaban J connectivity index is -0.000000541. The van der Waals surface area contributed by atoms with Crippen molar-refractivity contribution in [3.8, 4) is 0 Å². The monoisotopic (exact) mass is 692 g/mol. The molecule has 2 heterocycles. The van der Waals surface area contributed by atoms with Crippen molar-refractivity contribution in [3.63, 3.8) is 0 Å². The van der Waals surface area contributed by atoms with Crippen molar-refractivity contribution in [1.82, 2.24) is 24.3 Å². The summed E-state index contributed by atoms with van der Waals surface area (Å²) in [6.07, 6.45) is 8.67. The molecule has 278 valence electrons. The molecule has 51 heavy (non-hydrogen) atoms. The third-order valence-corrected chi connectivity index (χ3v) is 6.02. The van der Waals surface area contributed by atoms with Gasteiger partial charge in [0.25, 0.3) is 0 Å². The summed E-state index contributed by atoms with van der Waals surface area (Å²) < 4.78 is 3.67. The van der Waals surface area contributed by atoms with E-state index >= 15 is 0 Å². The van der Waals surface area contributed by atoms with Gasteiger partial charge in [0.1, 0.15) is 12.7 Å². The van der Waals surface area contributed by atoms with Crippen LogP contribution in [0.2, 0.25) is 0 Å². The second-order valence-electron chi connectivity index (χ2n) is 9.66. The second-order valence-corrected chi connectivity index (χ2v) is 9.66. The summed E-state index contributed by atoms with van der Waals surface area (Å²) in [6.45, 7) is 26.3. The number of rotatable bonds is 0. The van der Waals surface area contributed by atoms with E-state index in [2.05, 4.69) is 133 Å². The van der Waals surface area contributed by atoms with Crippen molar-refractivity contribution in [2.24, 2.45) is 14.1 Å². The minimum atomic E-state index is 1.32. The number of aryl methyl sites for hydroxylation is 5. The van der Waals surface area contributed by atoms with Crippen LogP contribution in [0.15, 0.2) is 147 Å². The Bertz CT molecular complexity index is 1630. The van der Waals surface area contributed by atoms with Crippen LogP contribution >= 0.6 is 0 Å². The summed E-state index contributed by atoms with van der Waals surface area (Å²) in [6, 6.07) is 40.0. The second kappa shape index (κ2) is 36.3. The summed E-state index contributed by atoms with van der Waals surface area (Å²) >= 11 is 0. The van der Waals surface area contributed by atoms with Gasteiger partial charge in [0.05, 0.1) is 6.33 Å². The molecule has 0 saturated heterocycles. The predicted molar refractivity (Wildman–Crippen MR) is 229 cm³/mol. The van der Waals surface area contributed by atoms with Gasteiger partial charge in [0, 0.05) is 26.5 Å². The third kappa shape index (κ3) is 24.7. The quantitative estimate of drug-likeness (QED) is 0.159. The zero-order valence-electron chi connectivity index (χ0n) is 34.6. The normalized spacial score (nSPS) is 8.29. The number of hydrogen-bond donors (Lipinski definition) is 0. The molecule has 7 rings (SSSR count). The van der Waals surface area contributed by atoms with Crippen LogP contribution in [0, 0.1) is 20.8 Å². The molecule has 0 N–H and O–H groups in total. The fourth-order valence-electron chi connectivity index (χ4n) is 3.81. The van der Waals surface area contributed by atoms with E-state index in [0.29, 0.717) is 0 Å². The van der Waals surface area contributed by atoms with Crippen LogP contribution in [-0.2, 0) is 14.1 Å². The van der Waals surface area contributed by atoms with Crippen molar-refractivity contribution >= 4 is 21.5 Å². The highest BCUT2D eigenvalue weighted by atomic mass is 15.2. The van der Waals surface area contributed by atoms with Crippen molar-refractivity contribution in [1.29, 1.82) is 0 Å². The molecule has 5 nitrogen and oxygen atoms in total. The first-order valence-corrected chi connectivity index (χ1v) is 18.5. The Kier molecular flexibility index (Phi) is 35.8. The maximum Gasteiger partial charge on any atom is 0.119 e.